The van der Waals surface area contributed by atoms with Crippen molar-refractivity contribution >= 4 is 16.9 Å². The molecule has 0 aromatic rings. The molecule has 1 aliphatic rings. The first-order chi connectivity index (χ1) is 5.83. The molecule has 12 heavy (non-hydrogen) atoms. The van der Waals surface area contributed by atoms with E-state index in [9.17, 15) is 4.79 Å². The van der Waals surface area contributed by atoms with Crippen LogP contribution in [0.3, 0.4) is 0 Å². The maximum Gasteiger partial charge on any atom is 0.202 e. The normalized spacial score (nSPS) is 22.6. The van der Waals surface area contributed by atoms with Crippen LogP contribution in [-0.2, 0) is 4.79 Å². The van der Waals surface area contributed by atoms with Gasteiger partial charge in [0.15, 0.2) is 0 Å². The van der Waals surface area contributed by atoms with Gasteiger partial charge in [-0.05, 0) is 25.2 Å². The van der Waals surface area contributed by atoms with Crippen molar-refractivity contribution in [2.45, 2.75) is 19.3 Å². The Morgan fingerprint density at radius 2 is 2.50 bits per heavy atom. The molecule has 1 atom stereocenters. The van der Waals surface area contributed by atoms with E-state index in [0.29, 0.717) is 5.92 Å². The van der Waals surface area contributed by atoms with Crippen LogP contribution in [0.4, 0.5) is 0 Å². The average molecular weight is 185 g/mol. The van der Waals surface area contributed by atoms with Crippen LogP contribution in [0.25, 0.3) is 0 Å². The lowest BCUT2D eigenvalue weighted by atomic mass is 9.98. The lowest BCUT2D eigenvalue weighted by molar-refractivity contribution is -0.109. The first-order valence-corrected chi connectivity index (χ1v) is 5.34. The summed E-state index contributed by atoms with van der Waals surface area (Å²) in [6.07, 6.45) is 8.12. The molecule has 0 fully saturated rings. The van der Waals surface area contributed by atoms with Crippen molar-refractivity contribution in [2.24, 2.45) is 11.7 Å². The van der Waals surface area contributed by atoms with Crippen LogP contribution >= 0.6 is 11.8 Å². The fourth-order valence-corrected chi connectivity index (χ4v) is 2.08. The largest absolute Gasteiger partial charge is 0.323 e. The number of carbonyl (C=O) groups excluding carboxylic acids is 1. The Bertz CT molecular complexity index is 179. The van der Waals surface area contributed by atoms with Crippen LogP contribution in [0.15, 0.2) is 12.2 Å². The molecule has 0 radical (unpaired) electrons. The molecule has 1 unspecified atom stereocenters. The first kappa shape index (κ1) is 9.81. The minimum Gasteiger partial charge on any atom is -0.323 e. The summed E-state index contributed by atoms with van der Waals surface area (Å²) in [6, 6.07) is 0. The zero-order valence-electron chi connectivity index (χ0n) is 7.16. The van der Waals surface area contributed by atoms with Crippen molar-refractivity contribution < 1.29 is 4.79 Å². The van der Waals surface area contributed by atoms with Crippen LogP contribution in [0.2, 0.25) is 0 Å². The Labute approximate surface area is 77.6 Å². The van der Waals surface area contributed by atoms with Gasteiger partial charge in [-0.25, -0.2) is 0 Å². The molecule has 1 rings (SSSR count). The topological polar surface area (TPSA) is 43.1 Å². The van der Waals surface area contributed by atoms with Gasteiger partial charge < -0.3 is 5.73 Å². The highest BCUT2D eigenvalue weighted by molar-refractivity contribution is 8.13. The summed E-state index contributed by atoms with van der Waals surface area (Å²) in [4.78, 5) is 10.9. The summed E-state index contributed by atoms with van der Waals surface area (Å²) in [7, 11) is 0. The van der Waals surface area contributed by atoms with Crippen molar-refractivity contribution in [2.75, 3.05) is 12.3 Å². The molecule has 0 aliphatic heterocycles. The van der Waals surface area contributed by atoms with E-state index in [4.69, 9.17) is 5.73 Å². The number of hydrogen-bond acceptors (Lipinski definition) is 3. The number of nitrogens with two attached hydrogens (primary N) is 1. The minimum absolute atomic E-state index is 0.106. The van der Waals surface area contributed by atoms with Crippen molar-refractivity contribution in [3.8, 4) is 0 Å². The van der Waals surface area contributed by atoms with Gasteiger partial charge in [-0.2, -0.15) is 0 Å². The van der Waals surface area contributed by atoms with Crippen molar-refractivity contribution in [1.29, 1.82) is 0 Å². The van der Waals surface area contributed by atoms with Gasteiger partial charge in [0.05, 0.1) is 6.54 Å². The highest BCUT2D eigenvalue weighted by Gasteiger charge is 2.10. The van der Waals surface area contributed by atoms with Crippen LogP contribution in [-0.4, -0.2) is 17.4 Å². The summed E-state index contributed by atoms with van der Waals surface area (Å²) in [6.45, 7) is 0.168. The van der Waals surface area contributed by atoms with E-state index in [1.807, 2.05) is 0 Å². The average Bonchev–Trinajstić information content (AvgIpc) is 2.16. The first-order valence-electron chi connectivity index (χ1n) is 4.35. The molecule has 0 saturated carbocycles. The fraction of sp³-hybridized carbons (Fsp3) is 0.667. The molecule has 0 aromatic carbocycles. The summed E-state index contributed by atoms with van der Waals surface area (Å²) >= 11 is 1.37. The van der Waals surface area contributed by atoms with Gasteiger partial charge in [0, 0.05) is 5.75 Å². The molecule has 0 aromatic heterocycles. The third-order valence-corrected chi connectivity index (χ3v) is 3.06. The second-order valence-corrected chi connectivity index (χ2v) is 4.08. The standard InChI is InChI=1S/C9H15NOS/c10-6-9(11)12-7-8-4-2-1-3-5-8/h2,4,8H,1,3,5-7,10H2. The van der Waals surface area contributed by atoms with Gasteiger partial charge in [-0.3, -0.25) is 4.79 Å². The fourth-order valence-electron chi connectivity index (χ4n) is 1.28. The molecule has 0 heterocycles. The quantitative estimate of drug-likeness (QED) is 0.679. The monoisotopic (exact) mass is 185 g/mol. The van der Waals surface area contributed by atoms with E-state index in [2.05, 4.69) is 12.2 Å². The van der Waals surface area contributed by atoms with Crippen LogP contribution in [0, 0.1) is 5.92 Å². The number of rotatable bonds is 3. The maximum atomic E-state index is 10.9. The minimum atomic E-state index is 0.106. The summed E-state index contributed by atoms with van der Waals surface area (Å²) in [5, 5.41) is 0.106. The van der Waals surface area contributed by atoms with Gasteiger partial charge in [-0.15, -0.1) is 0 Å². The highest BCUT2D eigenvalue weighted by Crippen LogP contribution is 2.21. The molecule has 3 heteroatoms. The Kier molecular flexibility index (Phi) is 4.40. The van der Waals surface area contributed by atoms with Crippen molar-refractivity contribution in [3.63, 3.8) is 0 Å². The highest BCUT2D eigenvalue weighted by atomic mass is 32.2. The van der Waals surface area contributed by atoms with E-state index in [1.54, 1.807) is 0 Å². The molecule has 0 amide bonds. The number of carbonyl (C=O) groups is 1. The van der Waals surface area contributed by atoms with Crippen molar-refractivity contribution in [3.05, 3.63) is 12.2 Å². The van der Waals surface area contributed by atoms with Crippen LogP contribution in [0.5, 0.6) is 0 Å². The van der Waals surface area contributed by atoms with Gasteiger partial charge in [0.1, 0.15) is 0 Å². The van der Waals surface area contributed by atoms with Gasteiger partial charge in [-0.1, -0.05) is 23.9 Å². The van der Waals surface area contributed by atoms with E-state index in [0.717, 1.165) is 5.75 Å². The molecular formula is C9H15NOS. The number of allylic oxidation sites excluding steroid dienone is 2. The molecule has 0 saturated heterocycles. The van der Waals surface area contributed by atoms with E-state index in [1.165, 1.54) is 31.0 Å². The maximum absolute atomic E-state index is 10.9. The Morgan fingerprint density at radius 3 is 3.08 bits per heavy atom. The molecule has 2 nitrogen and oxygen atoms in total. The van der Waals surface area contributed by atoms with Crippen molar-refractivity contribution in [1.82, 2.24) is 0 Å². The van der Waals surface area contributed by atoms with E-state index in [-0.39, 0.29) is 11.7 Å². The number of hydrogen-bond donors (Lipinski definition) is 1. The van der Waals surface area contributed by atoms with E-state index >= 15 is 0 Å². The molecule has 0 spiro atoms. The van der Waals surface area contributed by atoms with Crippen LogP contribution < -0.4 is 5.73 Å². The smallest absolute Gasteiger partial charge is 0.202 e. The van der Waals surface area contributed by atoms with Gasteiger partial charge in [0.25, 0.3) is 0 Å². The van der Waals surface area contributed by atoms with Gasteiger partial charge >= 0.3 is 0 Å². The second-order valence-electron chi connectivity index (χ2n) is 3.01. The molecule has 0 bridgehead atoms. The Hall–Kier alpha value is -0.280. The summed E-state index contributed by atoms with van der Waals surface area (Å²) in [5.41, 5.74) is 5.20. The Morgan fingerprint density at radius 1 is 1.67 bits per heavy atom. The second kappa shape index (κ2) is 5.38. The molecule has 1 aliphatic carbocycles. The SMILES string of the molecule is NCC(=O)SCC1C=CCCC1. The predicted octanol–water partition coefficient (Wildman–Crippen LogP) is 1.56. The molecule has 2 N–H and O–H groups in total. The third kappa shape index (κ3) is 3.41. The summed E-state index contributed by atoms with van der Waals surface area (Å²) < 4.78 is 0. The summed E-state index contributed by atoms with van der Waals surface area (Å²) in [5.74, 6) is 1.51. The lowest BCUT2D eigenvalue weighted by Gasteiger charge is -2.14. The number of thioether (sulfide) groups is 1. The lowest BCUT2D eigenvalue weighted by Crippen LogP contribution is -2.12. The van der Waals surface area contributed by atoms with E-state index < -0.39 is 0 Å². The zero-order chi connectivity index (χ0) is 8.81. The molecular weight excluding hydrogens is 170 g/mol. The zero-order valence-corrected chi connectivity index (χ0v) is 7.98. The molecule has 68 valence electrons. The van der Waals surface area contributed by atoms with Gasteiger partial charge in [0.2, 0.25) is 5.12 Å². The third-order valence-electron chi connectivity index (χ3n) is 1.98. The predicted molar refractivity (Wildman–Crippen MR) is 53.0 cm³/mol. The Balaban J connectivity index is 2.17. The van der Waals surface area contributed by atoms with Crippen LogP contribution in [0.1, 0.15) is 19.3 Å².